The van der Waals surface area contributed by atoms with Gasteiger partial charge in [-0.25, -0.2) is 5.01 Å². The smallest absolute Gasteiger partial charge is 0.300 e. The maximum absolute atomic E-state index is 13.1. The van der Waals surface area contributed by atoms with Gasteiger partial charge in [0.05, 0.1) is 15.9 Å². The number of anilines is 1. The van der Waals surface area contributed by atoms with Crippen molar-refractivity contribution in [3.63, 3.8) is 0 Å². The lowest BCUT2D eigenvalue weighted by molar-refractivity contribution is -0.383. The fourth-order valence-electron chi connectivity index (χ4n) is 4.41. The quantitative estimate of drug-likeness (QED) is 0.518. The summed E-state index contributed by atoms with van der Waals surface area (Å²) in [5.74, 6) is 0.748. The molecule has 1 aliphatic carbocycles. The second-order valence-electron chi connectivity index (χ2n) is 8.35. The second-order valence-corrected chi connectivity index (χ2v) is 9.35. The van der Waals surface area contributed by atoms with Crippen molar-refractivity contribution in [3.05, 3.63) is 38.2 Å². The molecule has 0 amide bonds. The molecule has 1 saturated heterocycles. The Balaban J connectivity index is 1.49. The highest BCUT2D eigenvalue weighted by atomic mass is 32.1. The summed E-state index contributed by atoms with van der Waals surface area (Å²) in [6.45, 7) is 4.15. The van der Waals surface area contributed by atoms with E-state index in [-0.39, 0.29) is 9.83 Å². The van der Waals surface area contributed by atoms with Crippen LogP contribution in [0.2, 0.25) is 0 Å². The van der Waals surface area contributed by atoms with Gasteiger partial charge in [0.25, 0.3) is 11.2 Å². The first-order valence-corrected chi connectivity index (χ1v) is 11.5. The number of alkyl halides is 3. The average Bonchev–Trinajstić information content (AvgIpc) is 2.74. The lowest BCUT2D eigenvalue weighted by Gasteiger charge is -2.37. The molecule has 2 heterocycles. The SMILES string of the molecule is O=c1nc(NN2CCN(CC3CCCCC3)CC2)sc2c([N+](=O)[O-])cc(C(F)(F)F)cc12. The highest BCUT2D eigenvalue weighted by Gasteiger charge is 2.34. The van der Waals surface area contributed by atoms with Crippen LogP contribution in [0.3, 0.4) is 0 Å². The summed E-state index contributed by atoms with van der Waals surface area (Å²) in [7, 11) is 0. The molecule has 1 N–H and O–H groups in total. The lowest BCUT2D eigenvalue weighted by Crippen LogP contribution is -2.49. The Hall–Kier alpha value is -2.31. The number of nitro groups is 1. The molecule has 0 unspecified atom stereocenters. The van der Waals surface area contributed by atoms with Crippen molar-refractivity contribution in [2.24, 2.45) is 5.92 Å². The Kier molecular flexibility index (Phi) is 6.63. The summed E-state index contributed by atoms with van der Waals surface area (Å²) >= 11 is 0.812. The van der Waals surface area contributed by atoms with Gasteiger partial charge in [0.15, 0.2) is 0 Å². The van der Waals surface area contributed by atoms with Gasteiger partial charge in [-0.3, -0.25) is 20.3 Å². The van der Waals surface area contributed by atoms with Crippen molar-refractivity contribution in [2.75, 3.05) is 38.1 Å². The fourth-order valence-corrected chi connectivity index (χ4v) is 5.40. The van der Waals surface area contributed by atoms with Crippen LogP contribution >= 0.6 is 11.3 Å². The van der Waals surface area contributed by atoms with E-state index in [1.54, 1.807) is 0 Å². The molecule has 8 nitrogen and oxygen atoms in total. The van der Waals surface area contributed by atoms with Crippen LogP contribution in [-0.4, -0.2) is 52.5 Å². The number of nitro benzene ring substituents is 1. The van der Waals surface area contributed by atoms with Gasteiger partial charge in [0.2, 0.25) is 5.13 Å². The van der Waals surface area contributed by atoms with Crippen molar-refractivity contribution in [1.82, 2.24) is 14.9 Å². The minimum absolute atomic E-state index is 0.124. The number of non-ortho nitro benzene ring substituents is 1. The Bertz CT molecular complexity index is 1050. The van der Waals surface area contributed by atoms with Crippen molar-refractivity contribution >= 4 is 32.2 Å². The molecule has 0 radical (unpaired) electrons. The van der Waals surface area contributed by atoms with Gasteiger partial charge in [0, 0.05) is 38.8 Å². The highest BCUT2D eigenvalue weighted by molar-refractivity contribution is 7.22. The minimum atomic E-state index is -4.80. The van der Waals surface area contributed by atoms with E-state index in [4.69, 9.17) is 0 Å². The van der Waals surface area contributed by atoms with E-state index in [0.29, 0.717) is 25.2 Å². The third-order valence-corrected chi connectivity index (χ3v) is 7.10. The summed E-state index contributed by atoms with van der Waals surface area (Å²) in [5, 5.41) is 13.0. The lowest BCUT2D eigenvalue weighted by atomic mass is 9.89. The number of aromatic nitrogens is 1. The summed E-state index contributed by atoms with van der Waals surface area (Å²) < 4.78 is 39.2. The molecular weight excluding hydrogens is 447 g/mol. The molecule has 1 aromatic heterocycles. The summed E-state index contributed by atoms with van der Waals surface area (Å²) in [6.07, 6.45) is 1.69. The maximum atomic E-state index is 13.1. The van der Waals surface area contributed by atoms with E-state index in [1.165, 1.54) is 32.1 Å². The van der Waals surface area contributed by atoms with Crippen LogP contribution < -0.4 is 11.0 Å². The standard InChI is InChI=1S/C20H24F3N5O3S/c21-20(22,23)14-10-15-17(16(11-14)28(30)31)32-19(24-18(15)29)25-27-8-6-26(7-9-27)12-13-4-2-1-3-5-13/h10-11,13H,1-9,12H2,(H,24,25,29). The molecule has 12 heteroatoms. The van der Waals surface area contributed by atoms with Crippen LogP contribution in [0.5, 0.6) is 0 Å². The van der Waals surface area contributed by atoms with Gasteiger partial charge in [-0.15, -0.1) is 0 Å². The monoisotopic (exact) mass is 471 g/mol. The topological polar surface area (TPSA) is 91.6 Å². The number of benzene rings is 1. The zero-order valence-corrected chi connectivity index (χ0v) is 18.2. The van der Waals surface area contributed by atoms with Gasteiger partial charge in [-0.2, -0.15) is 18.2 Å². The molecule has 2 aliphatic rings. The first-order valence-electron chi connectivity index (χ1n) is 10.6. The number of fused-ring (bicyclic) bond motifs is 1. The molecule has 2 fully saturated rings. The number of halogens is 3. The molecular formula is C20H24F3N5O3S. The number of hydrogen-bond donors (Lipinski definition) is 1. The summed E-state index contributed by atoms with van der Waals surface area (Å²) in [5.41, 5.74) is 0.105. The number of piperazine rings is 1. The molecule has 174 valence electrons. The van der Waals surface area contributed by atoms with Crippen LogP contribution in [0.1, 0.15) is 37.7 Å². The third kappa shape index (κ3) is 5.18. The predicted molar refractivity (Wildman–Crippen MR) is 116 cm³/mol. The Morgan fingerprint density at radius 1 is 1.16 bits per heavy atom. The largest absolute Gasteiger partial charge is 0.416 e. The first kappa shape index (κ1) is 22.9. The van der Waals surface area contributed by atoms with Gasteiger partial charge < -0.3 is 4.90 Å². The van der Waals surface area contributed by atoms with Crippen molar-refractivity contribution in [3.8, 4) is 0 Å². The number of nitrogens with one attached hydrogen (secondary N) is 1. The van der Waals surface area contributed by atoms with Gasteiger partial charge in [-0.1, -0.05) is 30.6 Å². The van der Waals surface area contributed by atoms with Crippen LogP contribution in [0.15, 0.2) is 16.9 Å². The van der Waals surface area contributed by atoms with Crippen molar-refractivity contribution < 1.29 is 18.1 Å². The number of hydrazine groups is 1. The number of hydrogen-bond acceptors (Lipinski definition) is 8. The zero-order chi connectivity index (χ0) is 22.9. The van der Waals surface area contributed by atoms with E-state index in [0.717, 1.165) is 36.9 Å². The van der Waals surface area contributed by atoms with Crippen LogP contribution in [0.4, 0.5) is 24.0 Å². The highest BCUT2D eigenvalue weighted by Crippen LogP contribution is 2.37. The molecule has 2 aromatic rings. The molecule has 0 atom stereocenters. The Morgan fingerprint density at radius 2 is 1.84 bits per heavy atom. The van der Waals surface area contributed by atoms with Crippen LogP contribution in [0.25, 0.3) is 10.1 Å². The molecule has 1 saturated carbocycles. The summed E-state index contributed by atoms with van der Waals surface area (Å²) in [4.78, 5) is 29.2. The van der Waals surface area contributed by atoms with Gasteiger partial charge >= 0.3 is 6.18 Å². The van der Waals surface area contributed by atoms with E-state index in [2.05, 4.69) is 15.3 Å². The molecule has 1 aromatic carbocycles. The summed E-state index contributed by atoms with van der Waals surface area (Å²) in [6, 6.07) is 1.09. The Labute approximate surface area is 186 Å². The van der Waals surface area contributed by atoms with Crippen LogP contribution in [0, 0.1) is 16.0 Å². The minimum Gasteiger partial charge on any atom is -0.300 e. The van der Waals surface area contributed by atoms with E-state index < -0.39 is 33.3 Å². The number of nitrogens with zero attached hydrogens (tertiary/aromatic N) is 4. The first-order chi connectivity index (χ1) is 15.2. The van der Waals surface area contributed by atoms with E-state index in [1.807, 2.05) is 5.01 Å². The fraction of sp³-hybridized carbons (Fsp3) is 0.600. The second kappa shape index (κ2) is 9.28. The predicted octanol–water partition coefficient (Wildman–Crippen LogP) is 4.11. The van der Waals surface area contributed by atoms with Crippen LogP contribution in [-0.2, 0) is 6.18 Å². The van der Waals surface area contributed by atoms with Gasteiger partial charge in [-0.05, 0) is 24.8 Å². The van der Waals surface area contributed by atoms with E-state index in [9.17, 15) is 28.1 Å². The van der Waals surface area contributed by atoms with Crippen molar-refractivity contribution in [1.29, 1.82) is 0 Å². The normalized spacial score (nSPS) is 19.3. The molecule has 0 spiro atoms. The van der Waals surface area contributed by atoms with Gasteiger partial charge in [0.1, 0.15) is 4.70 Å². The molecule has 4 rings (SSSR count). The molecule has 32 heavy (non-hydrogen) atoms. The van der Waals surface area contributed by atoms with E-state index >= 15 is 0 Å². The molecule has 1 aliphatic heterocycles. The molecule has 0 bridgehead atoms. The van der Waals surface area contributed by atoms with Crippen molar-refractivity contribution in [2.45, 2.75) is 38.3 Å². The zero-order valence-electron chi connectivity index (χ0n) is 17.4. The number of rotatable bonds is 5. The third-order valence-electron chi connectivity index (χ3n) is 6.09. The average molecular weight is 472 g/mol. The maximum Gasteiger partial charge on any atom is 0.416 e. The Morgan fingerprint density at radius 3 is 2.47 bits per heavy atom.